The Kier molecular flexibility index (Phi) is 6.58. The van der Waals surface area contributed by atoms with Crippen LogP contribution < -0.4 is 9.80 Å². The zero-order chi connectivity index (χ0) is 22.9. The number of rotatable bonds is 4. The fourth-order valence-electron chi connectivity index (χ4n) is 4.59. The molecule has 2 saturated heterocycles. The van der Waals surface area contributed by atoms with E-state index in [0.717, 1.165) is 55.5 Å². The van der Waals surface area contributed by atoms with Crippen LogP contribution in [0.5, 0.6) is 0 Å². The van der Waals surface area contributed by atoms with Gasteiger partial charge in [-0.3, -0.25) is 4.79 Å². The second kappa shape index (κ2) is 9.24. The van der Waals surface area contributed by atoms with E-state index in [2.05, 4.69) is 22.9 Å². The summed E-state index contributed by atoms with van der Waals surface area (Å²) in [5, 5.41) is 0.666. The van der Waals surface area contributed by atoms with Crippen LogP contribution >= 0.6 is 11.6 Å². The highest BCUT2D eigenvalue weighted by Crippen LogP contribution is 2.35. The van der Waals surface area contributed by atoms with Crippen LogP contribution in [0, 0.1) is 6.92 Å². The molecule has 1 amide bonds. The number of aryl methyl sites for hydroxylation is 1. The SMILES string of the molecule is Cc1nc(N(C)C)cc(C2(C)CCCN(C(=O)c3ccc(Cl)c(N4CCOCC4)c3)C2)n1. The lowest BCUT2D eigenvalue weighted by molar-refractivity contribution is 0.0647. The number of likely N-dealkylation sites (tertiary alicyclic amines) is 1. The van der Waals surface area contributed by atoms with E-state index in [1.54, 1.807) is 0 Å². The monoisotopic (exact) mass is 457 g/mol. The Bertz CT molecular complexity index is 992. The summed E-state index contributed by atoms with van der Waals surface area (Å²) in [5.74, 6) is 1.69. The highest BCUT2D eigenvalue weighted by molar-refractivity contribution is 6.33. The zero-order valence-electron chi connectivity index (χ0n) is 19.4. The van der Waals surface area contributed by atoms with Crippen molar-refractivity contribution in [2.24, 2.45) is 0 Å². The van der Waals surface area contributed by atoms with Gasteiger partial charge in [0.25, 0.3) is 5.91 Å². The minimum Gasteiger partial charge on any atom is -0.378 e. The van der Waals surface area contributed by atoms with Crippen LogP contribution in [0.25, 0.3) is 0 Å². The number of carbonyl (C=O) groups excluding carboxylic acids is 1. The predicted molar refractivity (Wildman–Crippen MR) is 128 cm³/mol. The number of hydrogen-bond acceptors (Lipinski definition) is 6. The van der Waals surface area contributed by atoms with E-state index in [1.165, 1.54) is 0 Å². The average molecular weight is 458 g/mol. The molecule has 2 fully saturated rings. The fourth-order valence-corrected chi connectivity index (χ4v) is 4.82. The maximum atomic E-state index is 13.5. The number of hydrogen-bond donors (Lipinski definition) is 0. The predicted octanol–water partition coefficient (Wildman–Crippen LogP) is 3.53. The number of amides is 1. The molecule has 3 heterocycles. The van der Waals surface area contributed by atoms with E-state index in [1.807, 2.05) is 49.0 Å². The van der Waals surface area contributed by atoms with Crippen molar-refractivity contribution in [3.63, 3.8) is 0 Å². The number of nitrogens with zero attached hydrogens (tertiary/aromatic N) is 5. The normalized spacial score (nSPS) is 21.5. The Morgan fingerprint density at radius 1 is 1.16 bits per heavy atom. The van der Waals surface area contributed by atoms with E-state index in [-0.39, 0.29) is 11.3 Å². The van der Waals surface area contributed by atoms with Gasteiger partial charge in [-0.1, -0.05) is 18.5 Å². The minimum absolute atomic E-state index is 0.0423. The van der Waals surface area contributed by atoms with Crippen molar-refractivity contribution >= 4 is 29.0 Å². The second-order valence-corrected chi connectivity index (χ2v) is 9.62. The first kappa shape index (κ1) is 22.8. The van der Waals surface area contributed by atoms with E-state index in [0.29, 0.717) is 30.3 Å². The first-order valence-electron chi connectivity index (χ1n) is 11.2. The van der Waals surface area contributed by atoms with Crippen molar-refractivity contribution in [1.29, 1.82) is 0 Å². The average Bonchev–Trinajstić information content (AvgIpc) is 2.79. The van der Waals surface area contributed by atoms with Crippen LogP contribution in [0.4, 0.5) is 11.5 Å². The lowest BCUT2D eigenvalue weighted by Gasteiger charge is -2.40. The highest BCUT2D eigenvalue weighted by Gasteiger charge is 2.37. The molecule has 0 spiro atoms. The summed E-state index contributed by atoms with van der Waals surface area (Å²) in [4.78, 5) is 28.9. The molecule has 0 saturated carbocycles. The van der Waals surface area contributed by atoms with E-state index in [9.17, 15) is 4.79 Å². The summed E-state index contributed by atoms with van der Waals surface area (Å²) in [6.07, 6.45) is 1.92. The van der Waals surface area contributed by atoms with Crippen molar-refractivity contribution in [3.8, 4) is 0 Å². The van der Waals surface area contributed by atoms with Crippen LogP contribution in [0.3, 0.4) is 0 Å². The van der Waals surface area contributed by atoms with E-state index in [4.69, 9.17) is 21.3 Å². The molecule has 0 aliphatic carbocycles. The molecule has 7 nitrogen and oxygen atoms in total. The molecular weight excluding hydrogens is 426 g/mol. The molecule has 0 radical (unpaired) electrons. The molecule has 2 aromatic rings. The Balaban J connectivity index is 1.58. The van der Waals surface area contributed by atoms with Gasteiger partial charge in [0.1, 0.15) is 11.6 Å². The quantitative estimate of drug-likeness (QED) is 0.699. The highest BCUT2D eigenvalue weighted by atomic mass is 35.5. The lowest BCUT2D eigenvalue weighted by atomic mass is 9.78. The number of anilines is 2. The molecule has 172 valence electrons. The molecule has 1 unspecified atom stereocenters. The van der Waals surface area contributed by atoms with E-state index < -0.39 is 0 Å². The number of halogens is 1. The van der Waals surface area contributed by atoms with Gasteiger partial charge in [-0.25, -0.2) is 9.97 Å². The minimum atomic E-state index is -0.216. The number of morpholine rings is 1. The molecule has 2 aliphatic heterocycles. The van der Waals surface area contributed by atoms with Crippen LogP contribution in [0.2, 0.25) is 5.02 Å². The van der Waals surface area contributed by atoms with Gasteiger partial charge in [-0.05, 0) is 38.0 Å². The van der Waals surface area contributed by atoms with Crippen molar-refractivity contribution in [2.75, 3.05) is 63.3 Å². The third-order valence-electron chi connectivity index (χ3n) is 6.43. The van der Waals surface area contributed by atoms with Gasteiger partial charge in [-0.15, -0.1) is 0 Å². The van der Waals surface area contributed by atoms with Gasteiger partial charge in [0.05, 0.1) is 29.6 Å². The fraction of sp³-hybridized carbons (Fsp3) is 0.542. The summed E-state index contributed by atoms with van der Waals surface area (Å²) < 4.78 is 5.46. The summed E-state index contributed by atoms with van der Waals surface area (Å²) >= 11 is 6.47. The summed E-state index contributed by atoms with van der Waals surface area (Å²) in [6, 6.07) is 7.65. The van der Waals surface area contributed by atoms with Crippen LogP contribution in [-0.2, 0) is 10.2 Å². The number of ether oxygens (including phenoxy) is 1. The number of piperidine rings is 1. The maximum Gasteiger partial charge on any atom is 0.253 e. The molecule has 8 heteroatoms. The third-order valence-corrected chi connectivity index (χ3v) is 6.75. The summed E-state index contributed by atoms with van der Waals surface area (Å²) in [5.41, 5.74) is 2.36. The Hall–Kier alpha value is -2.38. The van der Waals surface area contributed by atoms with Gasteiger partial charge < -0.3 is 19.4 Å². The number of benzene rings is 1. The summed E-state index contributed by atoms with van der Waals surface area (Å²) in [6.45, 7) is 8.40. The maximum absolute atomic E-state index is 13.5. The Morgan fingerprint density at radius 2 is 1.91 bits per heavy atom. The summed E-state index contributed by atoms with van der Waals surface area (Å²) in [7, 11) is 3.97. The molecule has 0 bridgehead atoms. The molecule has 1 aromatic heterocycles. The Labute approximate surface area is 195 Å². The number of aromatic nitrogens is 2. The van der Waals surface area contributed by atoms with Crippen molar-refractivity contribution in [1.82, 2.24) is 14.9 Å². The molecular formula is C24H32ClN5O2. The largest absolute Gasteiger partial charge is 0.378 e. The van der Waals surface area contributed by atoms with Gasteiger partial charge in [0, 0.05) is 57.3 Å². The van der Waals surface area contributed by atoms with Gasteiger partial charge in [0.15, 0.2) is 0 Å². The first-order valence-corrected chi connectivity index (χ1v) is 11.6. The Morgan fingerprint density at radius 3 is 2.62 bits per heavy atom. The van der Waals surface area contributed by atoms with Crippen LogP contribution in [0.1, 0.15) is 41.6 Å². The third kappa shape index (κ3) is 4.69. The molecule has 32 heavy (non-hydrogen) atoms. The second-order valence-electron chi connectivity index (χ2n) is 9.21. The van der Waals surface area contributed by atoms with Gasteiger partial charge in [-0.2, -0.15) is 0 Å². The van der Waals surface area contributed by atoms with Crippen LogP contribution in [0.15, 0.2) is 24.3 Å². The molecule has 1 aromatic carbocycles. The zero-order valence-corrected chi connectivity index (χ0v) is 20.2. The molecule has 1 atom stereocenters. The number of carbonyl (C=O) groups is 1. The smallest absolute Gasteiger partial charge is 0.253 e. The van der Waals surface area contributed by atoms with Crippen molar-refractivity contribution in [3.05, 3.63) is 46.4 Å². The van der Waals surface area contributed by atoms with Gasteiger partial charge >= 0.3 is 0 Å². The molecule has 0 N–H and O–H groups in total. The van der Waals surface area contributed by atoms with Gasteiger partial charge in [0.2, 0.25) is 0 Å². The standard InChI is InChI=1S/C24H32ClN5O2/c1-17-26-21(15-22(27-17)28(3)4)24(2)8-5-9-30(16-24)23(31)18-6-7-19(25)20(14-18)29-10-12-32-13-11-29/h6-7,14-15H,5,8-13,16H2,1-4H3. The van der Waals surface area contributed by atoms with Crippen molar-refractivity contribution in [2.45, 2.75) is 32.1 Å². The van der Waals surface area contributed by atoms with E-state index >= 15 is 0 Å². The molecule has 2 aliphatic rings. The molecule has 4 rings (SSSR count). The van der Waals surface area contributed by atoms with Crippen molar-refractivity contribution < 1.29 is 9.53 Å². The van der Waals surface area contributed by atoms with Crippen LogP contribution in [-0.4, -0.2) is 74.3 Å². The topological polar surface area (TPSA) is 61.8 Å². The first-order chi connectivity index (χ1) is 15.3. The lowest BCUT2D eigenvalue weighted by Crippen LogP contribution is -2.47.